The third-order valence-corrected chi connectivity index (χ3v) is 2.64. The maximum absolute atomic E-state index is 12.3. The number of aromatic amines is 1. The van der Waals surface area contributed by atoms with Gasteiger partial charge in [-0.15, -0.1) is 0 Å². The second kappa shape index (κ2) is 3.62. The van der Waals surface area contributed by atoms with Crippen molar-refractivity contribution in [2.75, 3.05) is 0 Å². The van der Waals surface area contributed by atoms with Gasteiger partial charge in [0.25, 0.3) is 5.78 Å². The Kier molecular flexibility index (Phi) is 2.53. The molecule has 1 N–H and O–H groups in total. The molecular weight excluding hydrogens is 287 g/mol. The van der Waals surface area contributed by atoms with Crippen LogP contribution in [0.1, 0.15) is 10.4 Å². The van der Waals surface area contributed by atoms with E-state index in [0.29, 0.717) is 9.99 Å². The van der Waals surface area contributed by atoms with E-state index in [1.165, 1.54) is 6.07 Å². The first-order valence-corrected chi connectivity index (χ1v) is 5.07. The molecule has 16 heavy (non-hydrogen) atoms. The summed E-state index contributed by atoms with van der Waals surface area (Å²) in [7, 11) is 0. The second-order valence-corrected chi connectivity index (χ2v) is 4.13. The van der Waals surface area contributed by atoms with Crippen LogP contribution in [0.4, 0.5) is 13.2 Å². The first-order valence-electron chi connectivity index (χ1n) is 4.28. The lowest BCUT2D eigenvalue weighted by Crippen LogP contribution is -2.22. The number of nitrogens with one attached hydrogen (secondary N) is 1. The van der Waals surface area contributed by atoms with Crippen molar-refractivity contribution in [3.05, 3.63) is 34.4 Å². The minimum Gasteiger partial charge on any atom is -0.360 e. The summed E-state index contributed by atoms with van der Waals surface area (Å²) < 4.78 is 37.4. The van der Waals surface area contributed by atoms with Gasteiger partial charge in [0, 0.05) is 21.6 Å². The monoisotopic (exact) mass is 291 g/mol. The van der Waals surface area contributed by atoms with Crippen molar-refractivity contribution in [1.29, 1.82) is 0 Å². The second-order valence-electron chi connectivity index (χ2n) is 3.22. The third kappa shape index (κ3) is 1.84. The van der Waals surface area contributed by atoms with Crippen LogP contribution in [0, 0.1) is 0 Å². The number of ketones is 1. The van der Waals surface area contributed by atoms with Gasteiger partial charge in [0.1, 0.15) is 0 Å². The summed E-state index contributed by atoms with van der Waals surface area (Å²) in [6, 6.07) is 4.76. The summed E-state index contributed by atoms with van der Waals surface area (Å²) in [6.45, 7) is 0. The van der Waals surface area contributed by atoms with Crippen molar-refractivity contribution in [3.63, 3.8) is 0 Å². The fraction of sp³-hybridized carbons (Fsp3) is 0.100. The Morgan fingerprint density at radius 1 is 1.31 bits per heavy atom. The van der Waals surface area contributed by atoms with E-state index in [0.717, 1.165) is 6.20 Å². The molecule has 0 saturated heterocycles. The lowest BCUT2D eigenvalue weighted by atomic mass is 10.1. The first kappa shape index (κ1) is 11.2. The molecule has 0 amide bonds. The predicted molar refractivity (Wildman–Crippen MR) is 56.4 cm³/mol. The average Bonchev–Trinajstić information content (AvgIpc) is 2.57. The molecule has 84 valence electrons. The van der Waals surface area contributed by atoms with Crippen LogP contribution in [0.5, 0.6) is 0 Å². The largest absolute Gasteiger partial charge is 0.454 e. The van der Waals surface area contributed by atoms with Crippen molar-refractivity contribution in [3.8, 4) is 0 Å². The molecule has 6 heteroatoms. The minimum atomic E-state index is -4.85. The number of Topliss-reactive ketones (excluding diaryl/α,β-unsaturated/α-hetero) is 1. The van der Waals surface area contributed by atoms with Crippen LogP contribution in [-0.2, 0) is 0 Å². The van der Waals surface area contributed by atoms with E-state index in [-0.39, 0.29) is 10.9 Å². The molecule has 0 aliphatic rings. The molecule has 1 aromatic heterocycles. The average molecular weight is 292 g/mol. The molecule has 0 fully saturated rings. The fourth-order valence-electron chi connectivity index (χ4n) is 1.43. The highest BCUT2D eigenvalue weighted by molar-refractivity contribution is 9.10. The molecule has 0 radical (unpaired) electrons. The van der Waals surface area contributed by atoms with E-state index in [1.54, 1.807) is 12.1 Å². The molecule has 2 rings (SSSR count). The molecule has 0 aliphatic heterocycles. The molecule has 0 aliphatic carbocycles. The van der Waals surface area contributed by atoms with Gasteiger partial charge in [-0.1, -0.05) is 15.9 Å². The summed E-state index contributed by atoms with van der Waals surface area (Å²) in [6.07, 6.45) is -3.77. The molecule has 0 bridgehead atoms. The Labute approximate surface area is 96.6 Å². The van der Waals surface area contributed by atoms with E-state index in [2.05, 4.69) is 20.9 Å². The number of hydrogen-bond acceptors (Lipinski definition) is 1. The highest BCUT2D eigenvalue weighted by Gasteiger charge is 2.40. The minimum absolute atomic E-state index is 0.261. The molecule has 2 aromatic rings. The predicted octanol–water partition coefficient (Wildman–Crippen LogP) is 3.68. The standard InChI is InChI=1S/C10H5BrF3NO/c11-5-1-2-8-6(3-5)7(4-15-8)9(16)10(12,13)14/h1-4,15H. The van der Waals surface area contributed by atoms with Crippen LogP contribution >= 0.6 is 15.9 Å². The molecule has 0 spiro atoms. The van der Waals surface area contributed by atoms with Crippen molar-refractivity contribution >= 4 is 32.6 Å². The van der Waals surface area contributed by atoms with Crippen LogP contribution < -0.4 is 0 Å². The maximum Gasteiger partial charge on any atom is 0.454 e. The number of benzene rings is 1. The van der Waals surface area contributed by atoms with Crippen molar-refractivity contribution < 1.29 is 18.0 Å². The Morgan fingerprint density at radius 3 is 2.62 bits per heavy atom. The van der Waals surface area contributed by atoms with E-state index in [4.69, 9.17) is 0 Å². The van der Waals surface area contributed by atoms with Crippen molar-refractivity contribution in [2.24, 2.45) is 0 Å². The summed E-state index contributed by atoms with van der Waals surface area (Å²) in [5.74, 6) is -1.84. The molecule has 1 aromatic carbocycles. The van der Waals surface area contributed by atoms with Gasteiger partial charge in [0.15, 0.2) is 0 Å². The smallest absolute Gasteiger partial charge is 0.360 e. The Hall–Kier alpha value is -1.30. The topological polar surface area (TPSA) is 32.9 Å². The number of halogens is 4. The summed E-state index contributed by atoms with van der Waals surface area (Å²) >= 11 is 3.14. The van der Waals surface area contributed by atoms with E-state index >= 15 is 0 Å². The molecule has 2 nitrogen and oxygen atoms in total. The number of carbonyl (C=O) groups excluding carboxylic acids is 1. The van der Waals surface area contributed by atoms with Crippen LogP contribution in [0.3, 0.4) is 0 Å². The first-order chi connectivity index (χ1) is 7.39. The summed E-state index contributed by atoms with van der Waals surface area (Å²) in [4.78, 5) is 13.7. The van der Waals surface area contributed by atoms with Gasteiger partial charge in [0.05, 0.1) is 5.56 Å². The van der Waals surface area contributed by atoms with Gasteiger partial charge in [-0.25, -0.2) is 0 Å². The lowest BCUT2D eigenvalue weighted by molar-refractivity contribution is -0.0884. The molecule has 0 unspecified atom stereocenters. The van der Waals surface area contributed by atoms with E-state index in [9.17, 15) is 18.0 Å². The normalized spacial score (nSPS) is 12.0. The fourth-order valence-corrected chi connectivity index (χ4v) is 1.79. The highest BCUT2D eigenvalue weighted by atomic mass is 79.9. The number of fused-ring (bicyclic) bond motifs is 1. The quantitative estimate of drug-likeness (QED) is 0.799. The van der Waals surface area contributed by atoms with E-state index in [1.807, 2.05) is 0 Å². The number of carbonyl (C=O) groups is 1. The number of H-pyrrole nitrogens is 1. The number of aromatic nitrogens is 1. The van der Waals surface area contributed by atoms with Crippen molar-refractivity contribution in [2.45, 2.75) is 6.18 Å². The number of alkyl halides is 3. The van der Waals surface area contributed by atoms with Crippen LogP contribution in [0.15, 0.2) is 28.9 Å². The Morgan fingerprint density at radius 2 is 2.00 bits per heavy atom. The van der Waals surface area contributed by atoms with Gasteiger partial charge in [-0.05, 0) is 18.2 Å². The molecule has 0 saturated carbocycles. The molecule has 1 heterocycles. The molecular formula is C10H5BrF3NO. The van der Waals surface area contributed by atoms with Crippen LogP contribution in [-0.4, -0.2) is 16.9 Å². The van der Waals surface area contributed by atoms with Gasteiger partial charge in [-0.3, -0.25) is 4.79 Å². The van der Waals surface area contributed by atoms with E-state index < -0.39 is 12.0 Å². The lowest BCUT2D eigenvalue weighted by Gasteiger charge is -2.03. The summed E-state index contributed by atoms with van der Waals surface area (Å²) in [5, 5.41) is 0.261. The maximum atomic E-state index is 12.3. The van der Waals surface area contributed by atoms with Gasteiger partial charge in [-0.2, -0.15) is 13.2 Å². The van der Waals surface area contributed by atoms with Crippen LogP contribution in [0.2, 0.25) is 0 Å². The zero-order valence-electron chi connectivity index (χ0n) is 7.73. The third-order valence-electron chi connectivity index (χ3n) is 2.15. The van der Waals surface area contributed by atoms with Crippen LogP contribution in [0.25, 0.3) is 10.9 Å². The molecule has 0 atom stereocenters. The Bertz CT molecular complexity index is 559. The SMILES string of the molecule is O=C(c1c[nH]c2ccc(Br)cc12)C(F)(F)F. The summed E-state index contributed by atoms with van der Waals surface area (Å²) in [5.41, 5.74) is 0.139. The number of hydrogen-bond donors (Lipinski definition) is 1. The Balaban J connectivity index is 2.62. The van der Waals surface area contributed by atoms with Gasteiger partial charge < -0.3 is 4.98 Å². The van der Waals surface area contributed by atoms with Gasteiger partial charge >= 0.3 is 6.18 Å². The zero-order chi connectivity index (χ0) is 11.9. The van der Waals surface area contributed by atoms with Crippen molar-refractivity contribution in [1.82, 2.24) is 4.98 Å². The zero-order valence-corrected chi connectivity index (χ0v) is 9.32. The number of rotatable bonds is 1. The van der Waals surface area contributed by atoms with Gasteiger partial charge in [0.2, 0.25) is 0 Å². The highest BCUT2D eigenvalue weighted by Crippen LogP contribution is 2.28.